The lowest BCUT2D eigenvalue weighted by Crippen LogP contribution is -2.07. The van der Waals surface area contributed by atoms with E-state index in [2.05, 4.69) is 12.1 Å². The van der Waals surface area contributed by atoms with E-state index >= 15 is 0 Å². The van der Waals surface area contributed by atoms with Crippen LogP contribution in [0.3, 0.4) is 0 Å². The zero-order valence-corrected chi connectivity index (χ0v) is 12.4. The van der Waals surface area contributed by atoms with Gasteiger partial charge >= 0.3 is 0 Å². The third kappa shape index (κ3) is 3.15. The van der Waals surface area contributed by atoms with Crippen molar-refractivity contribution in [2.75, 3.05) is 0 Å². The summed E-state index contributed by atoms with van der Waals surface area (Å²) in [5.41, 5.74) is 4.34. The van der Waals surface area contributed by atoms with Crippen molar-refractivity contribution in [1.29, 1.82) is 0 Å². The molecule has 2 aromatic carbocycles. The molecule has 1 unspecified atom stereocenters. The van der Waals surface area contributed by atoms with Gasteiger partial charge in [0.05, 0.1) is 6.16 Å². The Morgan fingerprint density at radius 1 is 1.00 bits per heavy atom. The fourth-order valence-corrected chi connectivity index (χ4v) is 4.17. The quantitative estimate of drug-likeness (QED) is 0.866. The van der Waals surface area contributed by atoms with E-state index in [-0.39, 0.29) is 6.16 Å². The minimum atomic E-state index is -3.34. The lowest BCUT2D eigenvalue weighted by Gasteiger charge is -2.16. The van der Waals surface area contributed by atoms with Crippen LogP contribution in [-0.4, -0.2) is 4.89 Å². The Morgan fingerprint density at radius 3 is 2.05 bits per heavy atom. The summed E-state index contributed by atoms with van der Waals surface area (Å²) in [5, 5.41) is 0.523. The predicted octanol–water partition coefficient (Wildman–Crippen LogP) is 3.71. The summed E-state index contributed by atoms with van der Waals surface area (Å²) in [7, 11) is -3.34. The fraction of sp³-hybridized carbons (Fsp3) is 0.250. The third-order valence-electron chi connectivity index (χ3n) is 3.37. The van der Waals surface area contributed by atoms with E-state index in [0.717, 1.165) is 16.7 Å². The minimum absolute atomic E-state index is 0.203. The fourth-order valence-electron chi connectivity index (χ4n) is 2.43. The highest BCUT2D eigenvalue weighted by Gasteiger charge is 2.23. The van der Waals surface area contributed by atoms with Crippen LogP contribution in [0.25, 0.3) is 0 Å². The highest BCUT2D eigenvalue weighted by molar-refractivity contribution is 7.65. The Kier molecular flexibility index (Phi) is 3.93. The first-order valence-electron chi connectivity index (χ1n) is 6.34. The average Bonchev–Trinajstić information content (AvgIpc) is 2.35. The molecule has 0 saturated heterocycles. The Hall–Kier alpha value is -1.37. The van der Waals surface area contributed by atoms with Gasteiger partial charge < -0.3 is 4.89 Å². The number of aryl methyl sites for hydroxylation is 3. The second kappa shape index (κ2) is 5.32. The Balaban J connectivity index is 2.39. The van der Waals surface area contributed by atoms with Gasteiger partial charge in [-0.25, -0.2) is 0 Å². The van der Waals surface area contributed by atoms with Crippen molar-refractivity contribution in [1.82, 2.24) is 0 Å². The highest BCUT2D eigenvalue weighted by Crippen LogP contribution is 2.44. The first-order chi connectivity index (χ1) is 8.90. The zero-order chi connectivity index (χ0) is 14.0. The van der Waals surface area contributed by atoms with Gasteiger partial charge in [0, 0.05) is 5.30 Å². The summed E-state index contributed by atoms with van der Waals surface area (Å²) < 4.78 is 12.5. The van der Waals surface area contributed by atoms with Crippen molar-refractivity contribution >= 4 is 12.7 Å². The van der Waals surface area contributed by atoms with Crippen LogP contribution in [0.4, 0.5) is 0 Å². The van der Waals surface area contributed by atoms with Crippen LogP contribution >= 0.6 is 7.37 Å². The molecule has 0 saturated carbocycles. The molecule has 1 N–H and O–H groups in total. The molecule has 3 heteroatoms. The van der Waals surface area contributed by atoms with E-state index in [0.29, 0.717) is 5.30 Å². The molecule has 2 rings (SSSR count). The normalized spacial score (nSPS) is 14.1. The van der Waals surface area contributed by atoms with Gasteiger partial charge in [-0.2, -0.15) is 0 Å². The molecule has 0 aromatic heterocycles. The summed E-state index contributed by atoms with van der Waals surface area (Å²) in [6.45, 7) is 6.04. The minimum Gasteiger partial charge on any atom is -0.341 e. The second-order valence-electron chi connectivity index (χ2n) is 5.07. The Morgan fingerprint density at radius 2 is 1.53 bits per heavy atom. The van der Waals surface area contributed by atoms with Crippen LogP contribution in [0.5, 0.6) is 0 Å². The lowest BCUT2D eigenvalue weighted by molar-refractivity contribution is 0.488. The van der Waals surface area contributed by atoms with Gasteiger partial charge in [-0.15, -0.1) is 0 Å². The smallest absolute Gasteiger partial charge is 0.233 e. The summed E-state index contributed by atoms with van der Waals surface area (Å²) in [5.74, 6) is 0. The van der Waals surface area contributed by atoms with Crippen LogP contribution in [0, 0.1) is 20.8 Å². The van der Waals surface area contributed by atoms with Crippen LogP contribution in [0.15, 0.2) is 42.5 Å². The number of hydrogen-bond acceptors (Lipinski definition) is 1. The van der Waals surface area contributed by atoms with Crippen molar-refractivity contribution < 1.29 is 9.46 Å². The molecule has 0 aliphatic carbocycles. The van der Waals surface area contributed by atoms with Crippen molar-refractivity contribution in [2.24, 2.45) is 0 Å². The molecule has 0 spiro atoms. The van der Waals surface area contributed by atoms with E-state index in [1.54, 1.807) is 24.3 Å². The van der Waals surface area contributed by atoms with Crippen LogP contribution < -0.4 is 5.30 Å². The van der Waals surface area contributed by atoms with Crippen LogP contribution in [-0.2, 0) is 10.7 Å². The maximum atomic E-state index is 12.5. The Bertz CT molecular complexity index is 609. The summed E-state index contributed by atoms with van der Waals surface area (Å²) in [6.07, 6.45) is 0.203. The molecule has 0 amide bonds. The molecular formula is C16H19O2P. The third-order valence-corrected chi connectivity index (χ3v) is 5.22. The van der Waals surface area contributed by atoms with E-state index < -0.39 is 7.37 Å². The number of benzene rings is 2. The van der Waals surface area contributed by atoms with Crippen molar-refractivity contribution in [3.63, 3.8) is 0 Å². The molecule has 2 aromatic rings. The van der Waals surface area contributed by atoms with E-state index in [9.17, 15) is 9.46 Å². The molecule has 19 heavy (non-hydrogen) atoms. The molecule has 100 valence electrons. The summed E-state index contributed by atoms with van der Waals surface area (Å²) >= 11 is 0. The maximum absolute atomic E-state index is 12.5. The average molecular weight is 274 g/mol. The molecule has 0 heterocycles. The molecule has 0 bridgehead atoms. The predicted molar refractivity (Wildman–Crippen MR) is 80.3 cm³/mol. The topological polar surface area (TPSA) is 37.3 Å². The second-order valence-corrected chi connectivity index (χ2v) is 7.31. The zero-order valence-electron chi connectivity index (χ0n) is 11.6. The van der Waals surface area contributed by atoms with Crippen molar-refractivity contribution in [3.05, 3.63) is 64.7 Å². The molecular weight excluding hydrogens is 255 g/mol. The van der Waals surface area contributed by atoms with Gasteiger partial charge in [0.1, 0.15) is 0 Å². The van der Waals surface area contributed by atoms with E-state index in [1.165, 1.54) is 5.56 Å². The van der Waals surface area contributed by atoms with Crippen LogP contribution in [0.2, 0.25) is 0 Å². The van der Waals surface area contributed by atoms with Gasteiger partial charge in [0.2, 0.25) is 7.37 Å². The summed E-state index contributed by atoms with van der Waals surface area (Å²) in [6, 6.07) is 13.0. The van der Waals surface area contributed by atoms with Gasteiger partial charge in [0.25, 0.3) is 0 Å². The molecule has 0 fully saturated rings. The van der Waals surface area contributed by atoms with Crippen molar-refractivity contribution in [2.45, 2.75) is 26.9 Å². The monoisotopic (exact) mass is 274 g/mol. The molecule has 0 aliphatic heterocycles. The molecule has 1 atom stereocenters. The largest absolute Gasteiger partial charge is 0.341 e. The lowest BCUT2D eigenvalue weighted by atomic mass is 10.0. The molecule has 0 aliphatic rings. The molecule has 2 nitrogen and oxygen atoms in total. The standard InChI is InChI=1S/C16H19O2P/c1-12-9-13(2)16(14(3)10-12)11-19(17,18)15-7-5-4-6-8-15/h4-10H,11H2,1-3H3,(H,17,18). The SMILES string of the molecule is Cc1cc(C)c(CP(=O)(O)c2ccccc2)c(C)c1. The van der Waals surface area contributed by atoms with Crippen molar-refractivity contribution in [3.8, 4) is 0 Å². The first kappa shape index (κ1) is 14.0. The number of hydrogen-bond donors (Lipinski definition) is 1. The summed E-state index contributed by atoms with van der Waals surface area (Å²) in [4.78, 5) is 10.3. The maximum Gasteiger partial charge on any atom is 0.233 e. The van der Waals surface area contributed by atoms with Gasteiger partial charge in [-0.05, 0) is 49.6 Å². The molecule has 0 radical (unpaired) electrons. The van der Waals surface area contributed by atoms with E-state index in [1.807, 2.05) is 26.8 Å². The van der Waals surface area contributed by atoms with Crippen LogP contribution in [0.1, 0.15) is 22.3 Å². The van der Waals surface area contributed by atoms with Gasteiger partial charge in [-0.1, -0.05) is 35.9 Å². The number of rotatable bonds is 3. The highest BCUT2D eigenvalue weighted by atomic mass is 31.2. The van der Waals surface area contributed by atoms with Gasteiger partial charge in [-0.3, -0.25) is 4.57 Å². The van der Waals surface area contributed by atoms with Gasteiger partial charge in [0.15, 0.2) is 0 Å². The Labute approximate surface area is 114 Å². The van der Waals surface area contributed by atoms with E-state index in [4.69, 9.17) is 0 Å². The first-order valence-corrected chi connectivity index (χ1v) is 8.19.